The maximum absolute atomic E-state index is 13.5. The van der Waals surface area contributed by atoms with Crippen molar-refractivity contribution < 1.29 is 24.5 Å². The van der Waals surface area contributed by atoms with Gasteiger partial charge >= 0.3 is 0 Å². The van der Waals surface area contributed by atoms with Gasteiger partial charge in [0.05, 0.1) is 29.5 Å². The summed E-state index contributed by atoms with van der Waals surface area (Å²) >= 11 is 0. The van der Waals surface area contributed by atoms with Crippen LogP contribution in [0.25, 0.3) is 0 Å². The lowest BCUT2D eigenvalue weighted by Crippen LogP contribution is -2.78. The van der Waals surface area contributed by atoms with E-state index in [0.717, 1.165) is 5.69 Å². The Morgan fingerprint density at radius 1 is 1.17 bits per heavy atom. The molecule has 4 aliphatic heterocycles. The molecule has 16 nitrogen and oxygen atoms in total. The number of aliphatic imine (C=N–C) groups is 2. The number of ether oxygens (including phenoxy) is 1. The highest BCUT2D eigenvalue weighted by Crippen LogP contribution is 2.45. The largest absolute Gasteiger partial charge is 0.489 e. The number of nitrogens with zero attached hydrogens (tertiary/aromatic N) is 6. The molecule has 1 aromatic heterocycles. The van der Waals surface area contributed by atoms with Gasteiger partial charge in [-0.25, -0.2) is 9.98 Å². The van der Waals surface area contributed by atoms with Gasteiger partial charge in [-0.3, -0.25) is 9.59 Å². The van der Waals surface area contributed by atoms with Crippen LogP contribution in [-0.2, 0) is 0 Å². The molecule has 0 radical (unpaired) electrons. The lowest BCUT2D eigenvalue weighted by Gasteiger charge is -2.49. The second kappa shape index (κ2) is 9.45. The molecule has 216 valence electrons. The number of carbonyl (C=O) groups excluding carboxylic acids is 2. The number of carbonyl (C=O) groups is 2. The number of likely N-dealkylation sites (N-methyl/N-ethyl adjacent to an activating group) is 1. The summed E-state index contributed by atoms with van der Waals surface area (Å²) in [5.74, 6) is -3.39. The number of para-hydroxylation sites is 1. The smallest absolute Gasteiger partial charge is 0.271 e. The highest BCUT2D eigenvalue weighted by Gasteiger charge is 2.73. The lowest BCUT2D eigenvalue weighted by atomic mass is 9.85. The summed E-state index contributed by atoms with van der Waals surface area (Å²) in [6.07, 6.45) is 0. The van der Waals surface area contributed by atoms with E-state index in [0.29, 0.717) is 24.6 Å². The lowest BCUT2D eigenvalue weighted by molar-refractivity contribution is -0.230. The van der Waals surface area contributed by atoms with E-state index in [1.807, 2.05) is 18.0 Å². The van der Waals surface area contributed by atoms with Gasteiger partial charge in [-0.2, -0.15) is 5.10 Å². The molecule has 6 rings (SSSR count). The standard InChI is InChI=1S/C25H31N11O5/c1-12-6-7-14(34-33-12)21(38)28-10-15-19-24(32-22(26)31-19)25(39,40)17(11-36(24)23(27)29-15)30-20(37)13-4-3-5-16-18(13)41-9-8-35(16)2/h3-7,15,17,19,39-40H,8-11H2,1-2H3,(H2,27,29)(H,28,38)(H,30,37)(H3,26,31,32)/t15-,17-,19-,24?/m0/s1. The van der Waals surface area contributed by atoms with E-state index < -0.39 is 41.4 Å². The van der Waals surface area contributed by atoms with E-state index in [1.54, 1.807) is 25.1 Å². The minimum atomic E-state index is -2.63. The number of hydrogen-bond donors (Lipinski definition) is 7. The molecule has 1 saturated heterocycles. The summed E-state index contributed by atoms with van der Waals surface area (Å²) in [5, 5.41) is 39.5. The Morgan fingerprint density at radius 3 is 2.73 bits per heavy atom. The number of benzene rings is 1. The third-order valence-electron chi connectivity index (χ3n) is 7.93. The zero-order valence-corrected chi connectivity index (χ0v) is 22.4. The summed E-state index contributed by atoms with van der Waals surface area (Å²) in [6, 6.07) is 5.32. The topological polar surface area (TPSA) is 229 Å². The average Bonchev–Trinajstić information content (AvgIpc) is 3.41. The number of aromatic nitrogens is 2. The molecule has 0 bridgehead atoms. The van der Waals surface area contributed by atoms with Gasteiger partial charge < -0.3 is 52.2 Å². The van der Waals surface area contributed by atoms with Crippen molar-refractivity contribution in [3.8, 4) is 5.75 Å². The fourth-order valence-electron chi connectivity index (χ4n) is 5.86. The van der Waals surface area contributed by atoms with Crippen LogP contribution in [0.1, 0.15) is 26.5 Å². The van der Waals surface area contributed by atoms with Gasteiger partial charge in [-0.15, -0.1) is 5.10 Å². The summed E-state index contributed by atoms with van der Waals surface area (Å²) in [4.78, 5) is 38.4. The molecular formula is C25H31N11O5. The van der Waals surface area contributed by atoms with Gasteiger partial charge in [0.2, 0.25) is 5.79 Å². The molecule has 4 atom stereocenters. The first kappa shape index (κ1) is 26.5. The van der Waals surface area contributed by atoms with Crippen LogP contribution in [0.3, 0.4) is 0 Å². The Hall–Kier alpha value is -4.70. The van der Waals surface area contributed by atoms with E-state index in [1.165, 1.54) is 11.0 Å². The van der Waals surface area contributed by atoms with Crippen LogP contribution in [-0.4, -0.2) is 112 Å². The van der Waals surface area contributed by atoms with E-state index in [2.05, 4.69) is 36.1 Å². The molecule has 41 heavy (non-hydrogen) atoms. The second-order valence-corrected chi connectivity index (χ2v) is 10.5. The number of nitrogens with two attached hydrogens (primary N) is 2. The van der Waals surface area contributed by atoms with Crippen molar-refractivity contribution >= 4 is 29.4 Å². The van der Waals surface area contributed by atoms with E-state index in [9.17, 15) is 19.8 Å². The van der Waals surface area contributed by atoms with Gasteiger partial charge in [0.1, 0.15) is 18.7 Å². The Balaban J connectivity index is 1.25. The molecule has 2 aromatic rings. The van der Waals surface area contributed by atoms with E-state index in [4.69, 9.17) is 16.2 Å². The number of aryl methyl sites for hydroxylation is 1. The van der Waals surface area contributed by atoms with Crippen molar-refractivity contribution in [2.45, 2.75) is 36.5 Å². The average molecular weight is 566 g/mol. The van der Waals surface area contributed by atoms with Crippen molar-refractivity contribution in [1.82, 2.24) is 31.0 Å². The summed E-state index contributed by atoms with van der Waals surface area (Å²) in [7, 11) is 1.90. The van der Waals surface area contributed by atoms with Crippen LogP contribution >= 0.6 is 0 Å². The molecule has 1 spiro atoms. The zero-order valence-electron chi connectivity index (χ0n) is 22.4. The van der Waals surface area contributed by atoms with Crippen LogP contribution in [0.5, 0.6) is 5.75 Å². The van der Waals surface area contributed by atoms with E-state index in [-0.39, 0.29) is 36.3 Å². The molecule has 1 fully saturated rings. The van der Waals surface area contributed by atoms with E-state index >= 15 is 0 Å². The highest BCUT2D eigenvalue weighted by molar-refractivity contribution is 5.99. The predicted octanol–water partition coefficient (Wildman–Crippen LogP) is -3.18. The van der Waals surface area contributed by atoms with Crippen molar-refractivity contribution in [3.05, 3.63) is 47.3 Å². The summed E-state index contributed by atoms with van der Waals surface area (Å²) in [5.41, 5.74) is 12.4. The number of rotatable bonds is 5. The second-order valence-electron chi connectivity index (χ2n) is 10.5. The molecule has 9 N–H and O–H groups in total. The molecule has 5 heterocycles. The first-order valence-corrected chi connectivity index (χ1v) is 13.1. The third-order valence-corrected chi connectivity index (χ3v) is 7.93. The number of nitrogens with one attached hydrogen (secondary N) is 3. The Kier molecular flexibility index (Phi) is 6.11. The highest BCUT2D eigenvalue weighted by atomic mass is 16.5. The Bertz CT molecular complexity index is 1460. The van der Waals surface area contributed by atoms with Crippen molar-refractivity contribution in [2.75, 3.05) is 38.2 Å². The maximum atomic E-state index is 13.5. The number of aliphatic hydroxyl groups is 2. The minimum Gasteiger partial charge on any atom is -0.489 e. The summed E-state index contributed by atoms with van der Waals surface area (Å²) in [6.45, 7) is 2.64. The van der Waals surface area contributed by atoms with Crippen LogP contribution in [0, 0.1) is 6.92 Å². The van der Waals surface area contributed by atoms with Gasteiger partial charge in [0.15, 0.2) is 29.0 Å². The van der Waals surface area contributed by atoms with Crippen LogP contribution < -0.4 is 37.1 Å². The number of fused-ring (bicyclic) bond motifs is 1. The molecular weight excluding hydrogens is 534 g/mol. The monoisotopic (exact) mass is 565 g/mol. The van der Waals surface area contributed by atoms with Gasteiger partial charge in [-0.05, 0) is 31.2 Å². The molecule has 1 unspecified atom stereocenters. The first-order chi connectivity index (χ1) is 19.5. The number of hydrogen-bond acceptors (Lipinski definition) is 14. The van der Waals surface area contributed by atoms with Crippen molar-refractivity contribution in [1.29, 1.82) is 0 Å². The number of anilines is 1. The minimum absolute atomic E-state index is 0.0423. The van der Waals surface area contributed by atoms with Crippen LogP contribution in [0.4, 0.5) is 5.69 Å². The van der Waals surface area contributed by atoms with Crippen LogP contribution in [0.2, 0.25) is 0 Å². The molecule has 1 aromatic carbocycles. The Morgan fingerprint density at radius 2 is 1.98 bits per heavy atom. The van der Waals surface area contributed by atoms with Gasteiger partial charge in [-0.1, -0.05) is 6.07 Å². The molecule has 0 aliphatic carbocycles. The summed E-state index contributed by atoms with van der Waals surface area (Å²) < 4.78 is 5.79. The van der Waals surface area contributed by atoms with Crippen molar-refractivity contribution in [3.63, 3.8) is 0 Å². The first-order valence-electron chi connectivity index (χ1n) is 13.1. The SMILES string of the molecule is Cc1ccc(C(=O)NC[C@@H]2N=C(N)N3C[C@H](NC(=O)c4cccc5c4OCCN5C)C(O)(O)C34NC(N)=N[C@@H]24)nn1. The third kappa shape index (κ3) is 4.05. The van der Waals surface area contributed by atoms with Gasteiger partial charge in [0.25, 0.3) is 11.8 Å². The zero-order chi connectivity index (χ0) is 29.1. The molecule has 0 saturated carbocycles. The van der Waals surface area contributed by atoms with Gasteiger partial charge in [0, 0.05) is 20.1 Å². The molecule has 4 aliphatic rings. The maximum Gasteiger partial charge on any atom is 0.271 e. The number of guanidine groups is 2. The molecule has 2 amide bonds. The van der Waals surface area contributed by atoms with Crippen molar-refractivity contribution in [2.24, 2.45) is 21.5 Å². The fraction of sp³-hybridized carbons (Fsp3) is 0.440. The fourth-order valence-corrected chi connectivity index (χ4v) is 5.86. The van der Waals surface area contributed by atoms with Crippen LogP contribution in [0.15, 0.2) is 40.3 Å². The Labute approximate surface area is 234 Å². The predicted molar refractivity (Wildman–Crippen MR) is 146 cm³/mol. The molecule has 16 heteroatoms. The normalized spacial score (nSPS) is 27.4. The quantitative estimate of drug-likeness (QED) is 0.178. The number of amides is 2.